The highest BCUT2D eigenvalue weighted by Crippen LogP contribution is 2.32. The van der Waals surface area contributed by atoms with Gasteiger partial charge in [-0.2, -0.15) is 0 Å². The molecule has 0 unspecified atom stereocenters. The second-order valence-electron chi connectivity index (χ2n) is 7.21. The summed E-state index contributed by atoms with van der Waals surface area (Å²) in [5.74, 6) is 0.918. The lowest BCUT2D eigenvalue weighted by atomic mass is 9.68. The number of carbonyl (C=O) groups is 1. The standard InChI is InChI=1S/C17H23BN3O2/c1-10-18-14-8-11(9-19-15(14)20-10)16(22)21-13-6-4-12(5-7-13)17(2,3)23/h8-9,12-13,23H,4-7H2,1-3H3,(H,21,22). The van der Waals surface area contributed by atoms with Crippen molar-refractivity contribution in [1.29, 1.82) is 0 Å². The summed E-state index contributed by atoms with van der Waals surface area (Å²) in [6.07, 6.45) is 5.29. The number of pyridine rings is 1. The molecule has 5 nitrogen and oxygen atoms in total. The SMILES string of the molecule is CC1=Nc2ncc(C(=O)NC3CCC(C(C)(C)O)CC3)cc2[B]1. The Hall–Kier alpha value is -1.69. The van der Waals surface area contributed by atoms with Gasteiger partial charge in [-0.1, -0.05) is 0 Å². The van der Waals surface area contributed by atoms with Gasteiger partial charge in [0.2, 0.25) is 7.28 Å². The second-order valence-corrected chi connectivity index (χ2v) is 7.21. The number of nitrogens with one attached hydrogen (secondary N) is 1. The zero-order chi connectivity index (χ0) is 16.6. The van der Waals surface area contributed by atoms with Crippen LogP contribution in [0.2, 0.25) is 0 Å². The maximum atomic E-state index is 12.4. The van der Waals surface area contributed by atoms with Crippen LogP contribution in [0.25, 0.3) is 0 Å². The van der Waals surface area contributed by atoms with E-state index in [0.29, 0.717) is 17.3 Å². The molecule has 2 N–H and O–H groups in total. The summed E-state index contributed by atoms with van der Waals surface area (Å²) in [5.41, 5.74) is 1.76. The lowest BCUT2D eigenvalue weighted by Crippen LogP contribution is -2.42. The third kappa shape index (κ3) is 3.63. The smallest absolute Gasteiger partial charge is 0.253 e. The lowest BCUT2D eigenvalue weighted by Gasteiger charge is -2.36. The molecule has 6 heteroatoms. The van der Waals surface area contributed by atoms with Crippen LogP contribution in [0.4, 0.5) is 5.82 Å². The maximum absolute atomic E-state index is 12.4. The van der Waals surface area contributed by atoms with Crippen molar-refractivity contribution in [2.45, 2.75) is 58.1 Å². The normalized spacial score (nSPS) is 23.7. The number of aromatic nitrogens is 1. The van der Waals surface area contributed by atoms with Crippen molar-refractivity contribution < 1.29 is 9.90 Å². The van der Waals surface area contributed by atoms with E-state index in [-0.39, 0.29) is 11.9 Å². The fraction of sp³-hybridized carbons (Fsp3) is 0.588. The van der Waals surface area contributed by atoms with Gasteiger partial charge in [-0.25, -0.2) is 9.98 Å². The third-order valence-corrected chi connectivity index (χ3v) is 4.87. The van der Waals surface area contributed by atoms with E-state index < -0.39 is 5.60 Å². The maximum Gasteiger partial charge on any atom is 0.253 e. The van der Waals surface area contributed by atoms with E-state index in [4.69, 9.17) is 0 Å². The predicted molar refractivity (Wildman–Crippen MR) is 91.9 cm³/mol. The highest BCUT2D eigenvalue weighted by molar-refractivity contribution is 6.87. The topological polar surface area (TPSA) is 74.6 Å². The summed E-state index contributed by atoms with van der Waals surface area (Å²) in [7, 11) is 1.94. The molecule has 2 heterocycles. The van der Waals surface area contributed by atoms with Gasteiger partial charge in [0.1, 0.15) is 5.82 Å². The Labute approximate surface area is 137 Å². The van der Waals surface area contributed by atoms with Gasteiger partial charge in [0.15, 0.2) is 0 Å². The number of amides is 1. The van der Waals surface area contributed by atoms with Crippen LogP contribution >= 0.6 is 0 Å². The van der Waals surface area contributed by atoms with Crippen LogP contribution in [0.15, 0.2) is 17.3 Å². The molecule has 1 fully saturated rings. The number of aliphatic hydroxyl groups is 1. The van der Waals surface area contributed by atoms with E-state index >= 15 is 0 Å². The summed E-state index contributed by atoms with van der Waals surface area (Å²) >= 11 is 0. The van der Waals surface area contributed by atoms with E-state index in [1.807, 2.05) is 34.1 Å². The molecular formula is C17H23BN3O2. The highest BCUT2D eigenvalue weighted by atomic mass is 16.3. The van der Waals surface area contributed by atoms with Crippen molar-refractivity contribution in [3.63, 3.8) is 0 Å². The fourth-order valence-electron chi connectivity index (χ4n) is 3.44. The van der Waals surface area contributed by atoms with Gasteiger partial charge in [0.05, 0.1) is 11.2 Å². The first-order chi connectivity index (χ1) is 10.8. The molecule has 1 aromatic heterocycles. The summed E-state index contributed by atoms with van der Waals surface area (Å²) in [6.45, 7) is 5.66. The minimum atomic E-state index is -0.632. The van der Waals surface area contributed by atoms with Crippen molar-refractivity contribution in [2.75, 3.05) is 0 Å². The van der Waals surface area contributed by atoms with Crippen LogP contribution < -0.4 is 10.8 Å². The number of fused-ring (bicyclic) bond motifs is 1. The molecule has 0 saturated heterocycles. The molecule has 0 bridgehead atoms. The molecule has 1 saturated carbocycles. The molecule has 1 amide bonds. The fourth-order valence-corrected chi connectivity index (χ4v) is 3.44. The summed E-state index contributed by atoms with van der Waals surface area (Å²) in [4.78, 5) is 21.0. The minimum absolute atomic E-state index is 0.0787. The molecule has 1 radical (unpaired) electrons. The molecule has 3 rings (SSSR count). The van der Waals surface area contributed by atoms with E-state index in [1.165, 1.54) is 0 Å². The number of nitrogens with zero attached hydrogens (tertiary/aromatic N) is 2. The predicted octanol–water partition coefficient (Wildman–Crippen LogP) is 1.53. The van der Waals surface area contributed by atoms with Gasteiger partial charge in [-0.15, -0.1) is 0 Å². The summed E-state index contributed by atoms with van der Waals surface area (Å²) in [5, 5.41) is 13.2. The Balaban J connectivity index is 1.58. The van der Waals surface area contributed by atoms with Gasteiger partial charge in [0.25, 0.3) is 5.91 Å². The van der Waals surface area contributed by atoms with Crippen molar-refractivity contribution in [2.24, 2.45) is 10.9 Å². The Bertz CT molecular complexity index is 644. The zero-order valence-corrected chi connectivity index (χ0v) is 14.0. The number of aliphatic imine (C=N–C) groups is 1. The van der Waals surface area contributed by atoms with E-state index in [2.05, 4.69) is 15.3 Å². The van der Waals surface area contributed by atoms with Crippen LogP contribution in [0, 0.1) is 5.92 Å². The molecule has 121 valence electrons. The number of rotatable bonds is 3. The molecule has 1 aromatic rings. The monoisotopic (exact) mass is 312 g/mol. The molecular weight excluding hydrogens is 289 g/mol. The molecule has 0 spiro atoms. The first-order valence-electron chi connectivity index (χ1n) is 8.26. The molecule has 1 aliphatic heterocycles. The number of hydrogen-bond donors (Lipinski definition) is 2. The van der Waals surface area contributed by atoms with Gasteiger partial charge < -0.3 is 10.4 Å². The Morgan fingerprint density at radius 2 is 2.04 bits per heavy atom. The average molecular weight is 312 g/mol. The minimum Gasteiger partial charge on any atom is -0.390 e. The highest BCUT2D eigenvalue weighted by Gasteiger charge is 2.32. The van der Waals surface area contributed by atoms with E-state index in [0.717, 1.165) is 36.8 Å². The summed E-state index contributed by atoms with van der Waals surface area (Å²) in [6, 6.07) is 2.02. The summed E-state index contributed by atoms with van der Waals surface area (Å²) < 4.78 is 0. The van der Waals surface area contributed by atoms with Crippen LogP contribution in [0.3, 0.4) is 0 Å². The van der Waals surface area contributed by atoms with Gasteiger partial charge in [-0.3, -0.25) is 4.79 Å². The van der Waals surface area contributed by atoms with Crippen molar-refractivity contribution >= 4 is 30.1 Å². The van der Waals surface area contributed by atoms with Crippen LogP contribution in [-0.2, 0) is 0 Å². The Morgan fingerprint density at radius 3 is 2.70 bits per heavy atom. The molecule has 23 heavy (non-hydrogen) atoms. The first-order valence-corrected chi connectivity index (χ1v) is 8.26. The number of hydrogen-bond acceptors (Lipinski definition) is 4. The second kappa shape index (κ2) is 6.08. The van der Waals surface area contributed by atoms with Crippen molar-refractivity contribution in [3.05, 3.63) is 17.8 Å². The molecule has 2 aliphatic rings. The van der Waals surface area contributed by atoms with E-state index in [9.17, 15) is 9.90 Å². The average Bonchev–Trinajstić information content (AvgIpc) is 2.85. The Morgan fingerprint density at radius 1 is 1.35 bits per heavy atom. The first kappa shape index (κ1) is 16.2. The van der Waals surface area contributed by atoms with Crippen molar-refractivity contribution in [1.82, 2.24) is 10.3 Å². The van der Waals surface area contributed by atoms with Crippen molar-refractivity contribution in [3.8, 4) is 0 Å². The Kier molecular flexibility index (Phi) is 4.28. The van der Waals surface area contributed by atoms with Gasteiger partial charge >= 0.3 is 0 Å². The zero-order valence-electron chi connectivity index (χ0n) is 14.0. The third-order valence-electron chi connectivity index (χ3n) is 4.87. The molecule has 0 atom stereocenters. The quantitative estimate of drug-likeness (QED) is 0.831. The molecule has 0 aromatic carbocycles. The van der Waals surface area contributed by atoms with Gasteiger partial charge in [-0.05, 0) is 69.5 Å². The van der Waals surface area contributed by atoms with E-state index in [1.54, 1.807) is 6.20 Å². The van der Waals surface area contributed by atoms with Crippen LogP contribution in [0.1, 0.15) is 56.8 Å². The molecule has 1 aliphatic carbocycles. The van der Waals surface area contributed by atoms with Gasteiger partial charge in [0, 0.05) is 12.2 Å². The van der Waals surface area contributed by atoms with Crippen LogP contribution in [0.5, 0.6) is 0 Å². The largest absolute Gasteiger partial charge is 0.390 e. The number of carbonyl (C=O) groups excluding carboxylic acids is 1. The lowest BCUT2D eigenvalue weighted by molar-refractivity contribution is -0.00257. The van der Waals surface area contributed by atoms with Crippen LogP contribution in [-0.4, -0.2) is 40.5 Å².